The van der Waals surface area contributed by atoms with Crippen LogP contribution in [0.2, 0.25) is 0 Å². The van der Waals surface area contributed by atoms with Gasteiger partial charge in [0.15, 0.2) is 0 Å². The van der Waals surface area contributed by atoms with Crippen molar-refractivity contribution in [2.75, 3.05) is 6.54 Å². The molecule has 16 heavy (non-hydrogen) atoms. The first-order valence-corrected chi connectivity index (χ1v) is 5.96. The van der Waals surface area contributed by atoms with E-state index in [2.05, 4.69) is 6.58 Å². The molecule has 1 saturated heterocycles. The number of carbonyl (C=O) groups excluding carboxylic acids is 1. The third-order valence-electron chi connectivity index (χ3n) is 2.70. The lowest BCUT2D eigenvalue weighted by atomic mass is 9.97. The predicted molar refractivity (Wildman–Crippen MR) is 65.4 cm³/mol. The lowest BCUT2D eigenvalue weighted by molar-refractivity contribution is 0.0138. The van der Waals surface area contributed by atoms with E-state index < -0.39 is 5.60 Å². The minimum atomic E-state index is -0.422. The molecule has 0 bridgehead atoms. The molecular formula is C13H23NO2. The quantitative estimate of drug-likeness (QED) is 0.640. The lowest BCUT2D eigenvalue weighted by Gasteiger charge is -2.37. The molecule has 0 aromatic carbocycles. The maximum atomic E-state index is 12.0. The molecule has 3 heteroatoms. The van der Waals surface area contributed by atoms with Crippen LogP contribution in [-0.4, -0.2) is 29.2 Å². The molecule has 0 radical (unpaired) electrons. The van der Waals surface area contributed by atoms with Gasteiger partial charge in [-0.2, -0.15) is 0 Å². The molecule has 1 fully saturated rings. The maximum Gasteiger partial charge on any atom is 0.410 e. The van der Waals surface area contributed by atoms with Crippen LogP contribution in [0.25, 0.3) is 0 Å². The zero-order valence-corrected chi connectivity index (χ0v) is 10.9. The number of nitrogens with zero attached hydrogens (tertiary/aromatic N) is 1. The highest BCUT2D eigenvalue weighted by Crippen LogP contribution is 2.24. The number of piperidine rings is 1. The van der Waals surface area contributed by atoms with E-state index in [1.165, 1.54) is 0 Å². The summed E-state index contributed by atoms with van der Waals surface area (Å²) in [7, 11) is 0. The van der Waals surface area contributed by atoms with Crippen molar-refractivity contribution in [2.45, 2.75) is 58.6 Å². The van der Waals surface area contributed by atoms with Crippen LogP contribution in [0.4, 0.5) is 4.79 Å². The molecule has 0 aromatic heterocycles. The molecule has 1 aliphatic heterocycles. The lowest BCUT2D eigenvalue weighted by Crippen LogP contribution is -2.46. The number of rotatable bonds is 1. The highest BCUT2D eigenvalue weighted by Gasteiger charge is 2.30. The summed E-state index contributed by atoms with van der Waals surface area (Å²) in [6, 6.07) is 0.156. The zero-order valence-electron chi connectivity index (χ0n) is 10.9. The number of hydrogen-bond donors (Lipinski definition) is 0. The molecular weight excluding hydrogens is 202 g/mol. The first-order valence-electron chi connectivity index (χ1n) is 5.96. The first kappa shape index (κ1) is 13.1. The van der Waals surface area contributed by atoms with E-state index in [1.807, 2.05) is 32.6 Å². The molecule has 0 aromatic rings. The van der Waals surface area contributed by atoms with Crippen LogP contribution < -0.4 is 0 Å². The summed E-state index contributed by atoms with van der Waals surface area (Å²) in [4.78, 5) is 13.8. The van der Waals surface area contributed by atoms with Gasteiger partial charge in [-0.3, -0.25) is 0 Å². The van der Waals surface area contributed by atoms with Gasteiger partial charge < -0.3 is 9.64 Å². The van der Waals surface area contributed by atoms with Gasteiger partial charge in [-0.05, 0) is 47.0 Å². The normalized spacial score (nSPS) is 21.8. The highest BCUT2D eigenvalue weighted by atomic mass is 16.6. The Morgan fingerprint density at radius 2 is 2.00 bits per heavy atom. The molecule has 1 amide bonds. The Kier molecular flexibility index (Phi) is 4.00. The van der Waals surface area contributed by atoms with E-state index in [0.29, 0.717) is 0 Å². The van der Waals surface area contributed by atoms with Crippen molar-refractivity contribution < 1.29 is 9.53 Å². The Morgan fingerprint density at radius 1 is 1.38 bits per heavy atom. The molecule has 0 aliphatic carbocycles. The average Bonchev–Trinajstić information content (AvgIpc) is 2.15. The van der Waals surface area contributed by atoms with Crippen molar-refractivity contribution in [3.63, 3.8) is 0 Å². The van der Waals surface area contributed by atoms with Crippen molar-refractivity contribution in [1.29, 1.82) is 0 Å². The van der Waals surface area contributed by atoms with Gasteiger partial charge in [0.2, 0.25) is 0 Å². The fourth-order valence-electron chi connectivity index (χ4n) is 1.98. The standard InChI is InChI=1S/C13H23NO2/c1-10(2)11-8-6-7-9-14(11)12(15)16-13(3,4)5/h11H,1,6-9H2,2-5H3/t11-/m0/s1. The van der Waals surface area contributed by atoms with Gasteiger partial charge in [-0.1, -0.05) is 12.2 Å². The van der Waals surface area contributed by atoms with Crippen LogP contribution >= 0.6 is 0 Å². The van der Waals surface area contributed by atoms with Crippen LogP contribution in [-0.2, 0) is 4.74 Å². The van der Waals surface area contributed by atoms with E-state index in [-0.39, 0.29) is 12.1 Å². The summed E-state index contributed by atoms with van der Waals surface area (Å²) in [5.74, 6) is 0. The van der Waals surface area contributed by atoms with Crippen molar-refractivity contribution in [3.05, 3.63) is 12.2 Å². The largest absolute Gasteiger partial charge is 0.444 e. The minimum absolute atomic E-state index is 0.156. The van der Waals surface area contributed by atoms with Gasteiger partial charge in [0.25, 0.3) is 0 Å². The average molecular weight is 225 g/mol. The Balaban J connectivity index is 2.68. The molecule has 1 heterocycles. The summed E-state index contributed by atoms with van der Waals surface area (Å²) in [6.45, 7) is 12.4. The zero-order chi connectivity index (χ0) is 12.3. The second-order valence-electron chi connectivity index (χ2n) is 5.53. The van der Waals surface area contributed by atoms with Gasteiger partial charge in [-0.15, -0.1) is 0 Å². The Labute approximate surface area is 98.5 Å². The molecule has 0 unspecified atom stereocenters. The second-order valence-corrected chi connectivity index (χ2v) is 5.53. The van der Waals surface area contributed by atoms with Gasteiger partial charge >= 0.3 is 6.09 Å². The van der Waals surface area contributed by atoms with Crippen LogP contribution in [0.15, 0.2) is 12.2 Å². The summed E-state index contributed by atoms with van der Waals surface area (Å²) >= 11 is 0. The van der Waals surface area contributed by atoms with Crippen LogP contribution in [0.3, 0.4) is 0 Å². The molecule has 1 rings (SSSR count). The van der Waals surface area contributed by atoms with Crippen molar-refractivity contribution in [3.8, 4) is 0 Å². The van der Waals surface area contributed by atoms with E-state index >= 15 is 0 Å². The summed E-state index contributed by atoms with van der Waals surface area (Å²) in [6.07, 6.45) is 3.02. The van der Waals surface area contributed by atoms with Gasteiger partial charge in [-0.25, -0.2) is 4.79 Å². The molecule has 0 N–H and O–H groups in total. The minimum Gasteiger partial charge on any atom is -0.444 e. The number of carbonyl (C=O) groups is 1. The molecule has 1 atom stereocenters. The summed E-state index contributed by atoms with van der Waals surface area (Å²) in [5, 5.41) is 0. The topological polar surface area (TPSA) is 29.5 Å². The van der Waals surface area contributed by atoms with E-state index in [0.717, 1.165) is 31.4 Å². The highest BCUT2D eigenvalue weighted by molar-refractivity contribution is 5.69. The van der Waals surface area contributed by atoms with Crippen molar-refractivity contribution in [2.24, 2.45) is 0 Å². The molecule has 92 valence electrons. The number of amides is 1. The molecule has 3 nitrogen and oxygen atoms in total. The smallest absolute Gasteiger partial charge is 0.410 e. The predicted octanol–water partition coefficient (Wildman–Crippen LogP) is 3.35. The third kappa shape index (κ3) is 3.54. The fraction of sp³-hybridized carbons (Fsp3) is 0.769. The summed E-state index contributed by atoms with van der Waals surface area (Å²) in [5.41, 5.74) is 0.624. The van der Waals surface area contributed by atoms with E-state index in [1.54, 1.807) is 0 Å². The van der Waals surface area contributed by atoms with Crippen LogP contribution in [0.1, 0.15) is 47.0 Å². The monoisotopic (exact) mass is 225 g/mol. The Hall–Kier alpha value is -0.990. The summed E-state index contributed by atoms with van der Waals surface area (Å²) < 4.78 is 5.40. The number of ether oxygens (including phenoxy) is 1. The fourth-order valence-corrected chi connectivity index (χ4v) is 1.98. The SMILES string of the molecule is C=C(C)[C@@H]1CCCCN1C(=O)OC(C)(C)C. The van der Waals surface area contributed by atoms with Gasteiger partial charge in [0.1, 0.15) is 5.60 Å². The molecule has 0 saturated carbocycles. The molecule has 1 aliphatic rings. The van der Waals surface area contributed by atoms with E-state index in [4.69, 9.17) is 4.74 Å². The van der Waals surface area contributed by atoms with Gasteiger partial charge in [0.05, 0.1) is 6.04 Å². The van der Waals surface area contributed by atoms with Crippen molar-refractivity contribution >= 4 is 6.09 Å². The van der Waals surface area contributed by atoms with E-state index in [9.17, 15) is 4.79 Å². The third-order valence-corrected chi connectivity index (χ3v) is 2.70. The first-order chi connectivity index (χ1) is 7.31. The Morgan fingerprint density at radius 3 is 2.50 bits per heavy atom. The Bertz CT molecular complexity index is 278. The van der Waals surface area contributed by atoms with Crippen LogP contribution in [0, 0.1) is 0 Å². The second kappa shape index (κ2) is 4.89. The van der Waals surface area contributed by atoms with Crippen LogP contribution in [0.5, 0.6) is 0 Å². The number of likely N-dealkylation sites (tertiary alicyclic amines) is 1. The maximum absolute atomic E-state index is 12.0. The number of hydrogen-bond acceptors (Lipinski definition) is 2. The van der Waals surface area contributed by atoms with Gasteiger partial charge in [0, 0.05) is 6.54 Å². The van der Waals surface area contributed by atoms with Crippen molar-refractivity contribution in [1.82, 2.24) is 4.90 Å². The molecule has 0 spiro atoms.